The van der Waals surface area contributed by atoms with Crippen LogP contribution < -0.4 is 5.32 Å². The number of ether oxygens (including phenoxy) is 2. The zero-order chi connectivity index (χ0) is 40.4. The molecule has 0 radical (unpaired) electrons. The number of nitrogens with one attached hydrogen (secondary N) is 1. The molecule has 1 aliphatic heterocycles. The van der Waals surface area contributed by atoms with Crippen molar-refractivity contribution in [3.05, 3.63) is 0 Å². The van der Waals surface area contributed by atoms with Crippen LogP contribution in [0.3, 0.4) is 0 Å². The molecule has 10 nitrogen and oxygen atoms in total. The third-order valence-corrected chi connectivity index (χ3v) is 11.6. The second-order valence-corrected chi connectivity index (χ2v) is 16.7. The van der Waals surface area contributed by atoms with Gasteiger partial charge in [0.15, 0.2) is 6.29 Å². The van der Waals surface area contributed by atoms with E-state index in [4.69, 9.17) is 9.47 Å². The second-order valence-electron chi connectivity index (χ2n) is 16.7. The Balaban J connectivity index is 2.38. The van der Waals surface area contributed by atoms with E-state index in [1.54, 1.807) is 0 Å². The number of aliphatic hydroxyl groups excluding tert-OH is 6. The quantitative estimate of drug-likeness (QED) is 0.0302. The molecular formula is C45H89NO9. The van der Waals surface area contributed by atoms with Crippen LogP contribution in [-0.4, -0.2) is 98.7 Å². The third kappa shape index (κ3) is 26.7. The van der Waals surface area contributed by atoms with E-state index < -0.39 is 55.6 Å². The summed E-state index contributed by atoms with van der Waals surface area (Å²) >= 11 is 0. The Morgan fingerprint density at radius 1 is 0.564 bits per heavy atom. The van der Waals surface area contributed by atoms with E-state index in [1.165, 1.54) is 148 Å². The molecule has 1 fully saturated rings. The highest BCUT2D eigenvalue weighted by atomic mass is 16.7. The van der Waals surface area contributed by atoms with Crippen LogP contribution in [0.15, 0.2) is 0 Å². The molecule has 0 bridgehead atoms. The number of aliphatic hydroxyl groups is 6. The molecule has 1 amide bonds. The molecule has 10 heteroatoms. The lowest BCUT2D eigenvalue weighted by atomic mass is 9.98. The van der Waals surface area contributed by atoms with Crippen molar-refractivity contribution < 1.29 is 44.9 Å². The minimum Gasteiger partial charge on any atom is -0.394 e. The number of carbonyl (C=O) groups excluding carboxylic acids is 1. The van der Waals surface area contributed by atoms with Gasteiger partial charge in [-0.1, -0.05) is 200 Å². The lowest BCUT2D eigenvalue weighted by Gasteiger charge is -2.40. The van der Waals surface area contributed by atoms with Crippen LogP contribution in [0.1, 0.15) is 219 Å². The number of rotatable bonds is 39. The van der Waals surface area contributed by atoms with Gasteiger partial charge in [0.05, 0.1) is 25.4 Å². The SMILES string of the molecule is CCCCCCCCCCCCCCCCCC[C@@H](O)[C@@H](O)[C@H](CO[C@@H]1O[C@H](CO)[C@H](O)C(O)C1O)NC(=O)CCCCCCCCCCCCCCCC. The molecule has 0 aromatic heterocycles. The van der Waals surface area contributed by atoms with Gasteiger partial charge in [0.25, 0.3) is 0 Å². The standard InChI is InChI=1S/C45H89NO9/c1-3-5-7-9-11-13-15-17-19-20-21-23-25-27-29-31-33-38(48)41(50)37(36-54-45-44(53)43(52)42(51)39(35-47)55-45)46-40(49)34-32-30-28-26-24-22-18-16-14-12-10-8-6-4-2/h37-39,41-45,47-48,50-53H,3-36H2,1-2H3,(H,46,49)/t37-,38+,39+,41-,42-,43?,44?,45+/m0/s1. The predicted molar refractivity (Wildman–Crippen MR) is 223 cm³/mol. The zero-order valence-corrected chi connectivity index (χ0v) is 35.6. The first kappa shape index (κ1) is 52.2. The average molecular weight is 788 g/mol. The highest BCUT2D eigenvalue weighted by Gasteiger charge is 2.44. The van der Waals surface area contributed by atoms with E-state index in [0.29, 0.717) is 6.42 Å². The van der Waals surface area contributed by atoms with Crippen molar-refractivity contribution in [2.45, 2.75) is 268 Å². The summed E-state index contributed by atoms with van der Waals surface area (Å²) < 4.78 is 11.2. The Morgan fingerprint density at radius 2 is 0.945 bits per heavy atom. The normalized spacial score (nSPS) is 21.8. The van der Waals surface area contributed by atoms with Crippen molar-refractivity contribution in [2.24, 2.45) is 0 Å². The van der Waals surface area contributed by atoms with Crippen LogP contribution in [-0.2, 0) is 14.3 Å². The largest absolute Gasteiger partial charge is 0.394 e. The van der Waals surface area contributed by atoms with Crippen molar-refractivity contribution in [3.8, 4) is 0 Å². The van der Waals surface area contributed by atoms with Crippen LogP contribution in [0.5, 0.6) is 0 Å². The highest BCUT2D eigenvalue weighted by molar-refractivity contribution is 5.76. The van der Waals surface area contributed by atoms with Gasteiger partial charge in [0, 0.05) is 6.42 Å². The Morgan fingerprint density at radius 3 is 1.35 bits per heavy atom. The number of hydrogen-bond acceptors (Lipinski definition) is 9. The van der Waals surface area contributed by atoms with E-state index in [-0.39, 0.29) is 18.9 Å². The van der Waals surface area contributed by atoms with Gasteiger partial charge in [0.2, 0.25) is 5.91 Å². The molecule has 0 saturated carbocycles. The van der Waals surface area contributed by atoms with Crippen LogP contribution in [0, 0.1) is 0 Å². The summed E-state index contributed by atoms with van der Waals surface area (Å²) in [5.41, 5.74) is 0. The van der Waals surface area contributed by atoms with Crippen molar-refractivity contribution in [3.63, 3.8) is 0 Å². The first-order chi connectivity index (χ1) is 26.8. The maximum absolute atomic E-state index is 13.0. The topological polar surface area (TPSA) is 169 Å². The predicted octanol–water partition coefficient (Wildman–Crippen LogP) is 8.53. The van der Waals surface area contributed by atoms with Crippen molar-refractivity contribution in [2.75, 3.05) is 13.2 Å². The molecule has 55 heavy (non-hydrogen) atoms. The van der Waals surface area contributed by atoms with Crippen molar-refractivity contribution >= 4 is 5.91 Å². The van der Waals surface area contributed by atoms with Gasteiger partial charge >= 0.3 is 0 Å². The van der Waals surface area contributed by atoms with Crippen LogP contribution in [0.4, 0.5) is 0 Å². The van der Waals surface area contributed by atoms with Crippen molar-refractivity contribution in [1.29, 1.82) is 0 Å². The summed E-state index contributed by atoms with van der Waals surface area (Å²) in [6.07, 6.45) is 28.2. The number of amides is 1. The van der Waals surface area contributed by atoms with Gasteiger partial charge in [-0.15, -0.1) is 0 Å². The molecule has 328 valence electrons. The van der Waals surface area contributed by atoms with E-state index in [9.17, 15) is 35.4 Å². The number of hydrogen-bond donors (Lipinski definition) is 7. The molecule has 0 aliphatic carbocycles. The minimum atomic E-state index is -1.60. The zero-order valence-electron chi connectivity index (χ0n) is 35.6. The first-order valence-electron chi connectivity index (χ1n) is 23.3. The molecule has 1 heterocycles. The second kappa shape index (κ2) is 36.2. The summed E-state index contributed by atoms with van der Waals surface area (Å²) in [5.74, 6) is -0.255. The molecule has 0 aromatic carbocycles. The molecule has 1 aliphatic rings. The lowest BCUT2D eigenvalue weighted by molar-refractivity contribution is -0.303. The number of carbonyl (C=O) groups is 1. The Hall–Kier alpha value is -0.850. The van der Waals surface area contributed by atoms with Crippen LogP contribution in [0.2, 0.25) is 0 Å². The van der Waals surface area contributed by atoms with E-state index >= 15 is 0 Å². The molecular weight excluding hydrogens is 698 g/mol. The monoisotopic (exact) mass is 788 g/mol. The van der Waals surface area contributed by atoms with Crippen LogP contribution >= 0.6 is 0 Å². The summed E-state index contributed by atoms with van der Waals surface area (Å²) in [7, 11) is 0. The maximum Gasteiger partial charge on any atom is 0.220 e. The van der Waals surface area contributed by atoms with E-state index in [1.807, 2.05) is 0 Å². The molecule has 1 rings (SSSR count). The Labute approximate surface area is 336 Å². The molecule has 7 N–H and O–H groups in total. The molecule has 1 saturated heterocycles. The smallest absolute Gasteiger partial charge is 0.220 e. The Bertz CT molecular complexity index is 849. The average Bonchev–Trinajstić information content (AvgIpc) is 3.18. The summed E-state index contributed by atoms with van der Waals surface area (Å²) in [6.45, 7) is 3.62. The van der Waals surface area contributed by atoms with Crippen LogP contribution in [0.25, 0.3) is 0 Å². The summed E-state index contributed by atoms with van der Waals surface area (Å²) in [5, 5.41) is 65.2. The third-order valence-electron chi connectivity index (χ3n) is 11.6. The van der Waals surface area contributed by atoms with Gasteiger partial charge in [0.1, 0.15) is 30.5 Å². The van der Waals surface area contributed by atoms with Gasteiger partial charge in [-0.25, -0.2) is 0 Å². The lowest BCUT2D eigenvalue weighted by Crippen LogP contribution is -2.60. The molecule has 8 atom stereocenters. The fraction of sp³-hybridized carbons (Fsp3) is 0.978. The fourth-order valence-electron chi connectivity index (χ4n) is 7.73. The molecule has 2 unspecified atom stereocenters. The first-order valence-corrected chi connectivity index (χ1v) is 23.3. The maximum atomic E-state index is 13.0. The Kier molecular flexibility index (Phi) is 34.4. The fourth-order valence-corrected chi connectivity index (χ4v) is 7.73. The van der Waals surface area contributed by atoms with Gasteiger partial charge in [-0.05, 0) is 12.8 Å². The van der Waals surface area contributed by atoms with E-state index in [2.05, 4.69) is 19.2 Å². The summed E-state index contributed by atoms with van der Waals surface area (Å²) in [4.78, 5) is 13.0. The minimum absolute atomic E-state index is 0.255. The van der Waals surface area contributed by atoms with Gasteiger partial charge in [-0.2, -0.15) is 0 Å². The highest BCUT2D eigenvalue weighted by Crippen LogP contribution is 2.23. The van der Waals surface area contributed by atoms with Crippen molar-refractivity contribution in [1.82, 2.24) is 5.32 Å². The molecule has 0 aromatic rings. The van der Waals surface area contributed by atoms with Gasteiger partial charge < -0.3 is 45.4 Å². The van der Waals surface area contributed by atoms with Gasteiger partial charge in [-0.3, -0.25) is 4.79 Å². The number of unbranched alkanes of at least 4 members (excludes halogenated alkanes) is 28. The van der Waals surface area contributed by atoms with E-state index in [0.717, 1.165) is 44.9 Å². The molecule has 0 spiro atoms. The summed E-state index contributed by atoms with van der Waals surface area (Å²) in [6, 6.07) is -0.984.